The maximum absolute atomic E-state index is 11.4. The Labute approximate surface area is 149 Å². The topological polar surface area (TPSA) is 66.0 Å². The predicted octanol–water partition coefficient (Wildman–Crippen LogP) is 1.73. The monoisotopic (exact) mass is 347 g/mol. The lowest BCUT2D eigenvalue weighted by atomic mass is 9.78. The second-order valence-electron chi connectivity index (χ2n) is 6.88. The van der Waals surface area contributed by atoms with Crippen molar-refractivity contribution in [1.82, 2.24) is 5.32 Å². The van der Waals surface area contributed by atoms with Gasteiger partial charge in [-0.05, 0) is 45.4 Å². The molecule has 1 aromatic carbocycles. The van der Waals surface area contributed by atoms with Gasteiger partial charge in [-0.2, -0.15) is 0 Å². The van der Waals surface area contributed by atoms with Gasteiger partial charge in [-0.1, -0.05) is 12.1 Å². The van der Waals surface area contributed by atoms with Gasteiger partial charge >= 0.3 is 7.12 Å². The molecule has 0 bridgehead atoms. The number of ether oxygens (including phenoxy) is 2. The number of amides is 1. The summed E-state index contributed by atoms with van der Waals surface area (Å²) in [6.45, 7) is 8.12. The molecule has 1 aliphatic heterocycles. The maximum atomic E-state index is 11.4. The Kier molecular flexibility index (Phi) is 5.93. The Morgan fingerprint density at radius 2 is 1.88 bits per heavy atom. The second-order valence-corrected chi connectivity index (χ2v) is 6.88. The summed E-state index contributed by atoms with van der Waals surface area (Å²) in [7, 11) is 2.61. The Morgan fingerprint density at radius 3 is 2.44 bits per heavy atom. The fraction of sp³-hybridized carbons (Fsp3) is 0.500. The number of likely N-dealkylation sites (N-methyl/N-ethyl adjacent to an activating group) is 1. The van der Waals surface area contributed by atoms with Crippen molar-refractivity contribution in [2.24, 2.45) is 0 Å². The normalized spacial score (nSPS) is 18.6. The van der Waals surface area contributed by atoms with Gasteiger partial charge in [-0.15, -0.1) is 0 Å². The van der Waals surface area contributed by atoms with E-state index in [4.69, 9.17) is 18.8 Å². The molecule has 0 atom stereocenters. The molecule has 0 aliphatic carbocycles. The minimum absolute atomic E-state index is 0.106. The van der Waals surface area contributed by atoms with Crippen molar-refractivity contribution in [3.63, 3.8) is 0 Å². The molecule has 1 N–H and O–H groups in total. The van der Waals surface area contributed by atoms with E-state index >= 15 is 0 Å². The van der Waals surface area contributed by atoms with Crippen molar-refractivity contribution in [1.29, 1.82) is 0 Å². The van der Waals surface area contributed by atoms with Crippen LogP contribution in [0.15, 0.2) is 24.3 Å². The Morgan fingerprint density at radius 1 is 1.24 bits per heavy atom. The zero-order chi connectivity index (χ0) is 18.7. The molecular weight excluding hydrogens is 321 g/mol. The first-order valence-electron chi connectivity index (χ1n) is 8.21. The quantitative estimate of drug-likeness (QED) is 0.482. The number of hydrogen-bond acceptors (Lipinski definition) is 5. The molecule has 136 valence electrons. The van der Waals surface area contributed by atoms with Crippen molar-refractivity contribution in [2.45, 2.75) is 38.9 Å². The highest BCUT2D eigenvalue weighted by Crippen LogP contribution is 2.37. The van der Waals surface area contributed by atoms with Gasteiger partial charge in [-0.25, -0.2) is 0 Å². The van der Waals surface area contributed by atoms with Crippen LogP contribution in [0.2, 0.25) is 0 Å². The van der Waals surface area contributed by atoms with E-state index in [1.54, 1.807) is 20.2 Å². The van der Waals surface area contributed by atoms with E-state index in [9.17, 15) is 4.79 Å². The van der Waals surface area contributed by atoms with Crippen molar-refractivity contribution < 1.29 is 23.6 Å². The van der Waals surface area contributed by atoms with Crippen LogP contribution in [0.5, 0.6) is 5.75 Å². The Balaban J connectivity index is 2.31. The number of hydrogen-bond donors (Lipinski definition) is 1. The summed E-state index contributed by atoms with van der Waals surface area (Å²) >= 11 is 0. The summed E-state index contributed by atoms with van der Waals surface area (Å²) in [5, 5.41) is 2.54. The van der Waals surface area contributed by atoms with Gasteiger partial charge < -0.3 is 24.1 Å². The molecule has 0 aromatic heterocycles. The molecule has 1 aromatic rings. The number of carbonyl (C=O) groups excluding carboxylic acids is 1. The van der Waals surface area contributed by atoms with Crippen molar-refractivity contribution in [3.8, 4) is 5.75 Å². The van der Waals surface area contributed by atoms with Gasteiger partial charge in [0.05, 0.1) is 11.2 Å². The minimum atomic E-state index is -0.533. The first kappa shape index (κ1) is 19.5. The van der Waals surface area contributed by atoms with E-state index in [1.807, 2.05) is 45.9 Å². The van der Waals surface area contributed by atoms with Crippen molar-refractivity contribution in [2.75, 3.05) is 21.0 Å². The number of carbonyl (C=O) groups is 1. The highest BCUT2D eigenvalue weighted by Gasteiger charge is 2.52. The number of rotatable bonds is 6. The van der Waals surface area contributed by atoms with Gasteiger partial charge in [0, 0.05) is 25.7 Å². The number of benzene rings is 1. The molecule has 0 unspecified atom stereocenters. The third-order valence-corrected chi connectivity index (χ3v) is 4.55. The van der Waals surface area contributed by atoms with Crippen LogP contribution < -0.4 is 15.5 Å². The largest absolute Gasteiger partial charge is 0.498 e. The fourth-order valence-electron chi connectivity index (χ4n) is 2.32. The number of methoxy groups -OCH3 is 1. The van der Waals surface area contributed by atoms with Crippen LogP contribution in [0.4, 0.5) is 0 Å². The summed E-state index contributed by atoms with van der Waals surface area (Å²) < 4.78 is 22.9. The second kappa shape index (κ2) is 7.60. The van der Waals surface area contributed by atoms with Crippen LogP contribution in [0.1, 0.15) is 33.3 Å². The number of nitrogens with one attached hydrogen (secondary N) is 1. The summed E-state index contributed by atoms with van der Waals surface area (Å²) in [5.74, 6) is 0.425. The van der Waals surface area contributed by atoms with Gasteiger partial charge in [0.2, 0.25) is 5.91 Å². The van der Waals surface area contributed by atoms with Crippen LogP contribution >= 0.6 is 0 Å². The molecule has 25 heavy (non-hydrogen) atoms. The SMILES string of the molecule is CNC(=O)/C=C/c1ccc(B2OC(C)(C)C(C)(C)O2)c(OCOC)c1. The first-order chi connectivity index (χ1) is 11.7. The molecular formula is C18H26BNO5. The van der Waals surface area contributed by atoms with E-state index in [0.717, 1.165) is 11.0 Å². The molecule has 0 spiro atoms. The van der Waals surface area contributed by atoms with Crippen LogP contribution in [0.3, 0.4) is 0 Å². The third kappa shape index (κ3) is 4.42. The first-order valence-corrected chi connectivity index (χ1v) is 8.21. The van der Waals surface area contributed by atoms with Gasteiger partial charge in [0.25, 0.3) is 0 Å². The zero-order valence-corrected chi connectivity index (χ0v) is 15.7. The molecule has 1 saturated heterocycles. The van der Waals surface area contributed by atoms with E-state index < -0.39 is 18.3 Å². The molecule has 0 saturated carbocycles. The standard InChI is InChI=1S/C18H26BNO5/c1-17(2)18(3,4)25-19(24-17)14-9-7-13(8-10-16(21)20-5)11-15(14)23-12-22-6/h7-11H,12H2,1-6H3,(H,20,21)/b10-8+. The van der Waals surface area contributed by atoms with Crippen LogP contribution in [0.25, 0.3) is 6.08 Å². The molecule has 0 radical (unpaired) electrons. The van der Waals surface area contributed by atoms with E-state index in [2.05, 4.69) is 5.32 Å². The molecule has 1 amide bonds. The average Bonchev–Trinajstić information content (AvgIpc) is 2.78. The minimum Gasteiger partial charge on any atom is -0.468 e. The highest BCUT2D eigenvalue weighted by molar-refractivity contribution is 6.63. The van der Waals surface area contributed by atoms with Crippen molar-refractivity contribution in [3.05, 3.63) is 29.8 Å². The molecule has 1 aliphatic rings. The van der Waals surface area contributed by atoms with Gasteiger partial charge in [0.15, 0.2) is 6.79 Å². The maximum Gasteiger partial charge on any atom is 0.498 e. The third-order valence-electron chi connectivity index (χ3n) is 4.55. The lowest BCUT2D eigenvalue weighted by Gasteiger charge is -2.32. The fourth-order valence-corrected chi connectivity index (χ4v) is 2.32. The highest BCUT2D eigenvalue weighted by atomic mass is 16.7. The predicted molar refractivity (Wildman–Crippen MR) is 97.8 cm³/mol. The summed E-state index contributed by atoms with van der Waals surface area (Å²) in [6.07, 6.45) is 3.18. The van der Waals surface area contributed by atoms with Crippen LogP contribution in [-0.4, -0.2) is 45.2 Å². The van der Waals surface area contributed by atoms with E-state index in [-0.39, 0.29) is 12.7 Å². The zero-order valence-electron chi connectivity index (χ0n) is 15.7. The smallest absolute Gasteiger partial charge is 0.468 e. The molecule has 2 rings (SSSR count). The van der Waals surface area contributed by atoms with Crippen molar-refractivity contribution >= 4 is 24.6 Å². The van der Waals surface area contributed by atoms with E-state index in [1.165, 1.54) is 6.08 Å². The van der Waals surface area contributed by atoms with Gasteiger partial charge in [0.1, 0.15) is 5.75 Å². The summed E-state index contributed by atoms with van der Waals surface area (Å²) in [5.41, 5.74) is 0.741. The molecule has 7 heteroatoms. The Hall–Kier alpha value is -1.83. The molecule has 1 heterocycles. The summed E-state index contributed by atoms with van der Waals surface area (Å²) in [4.78, 5) is 11.4. The lowest BCUT2D eigenvalue weighted by molar-refractivity contribution is -0.115. The van der Waals surface area contributed by atoms with Crippen LogP contribution in [-0.2, 0) is 18.8 Å². The lowest BCUT2D eigenvalue weighted by Crippen LogP contribution is -2.41. The average molecular weight is 347 g/mol. The summed E-state index contributed by atoms with van der Waals surface area (Å²) in [6, 6.07) is 5.61. The van der Waals surface area contributed by atoms with E-state index in [0.29, 0.717) is 5.75 Å². The molecule has 6 nitrogen and oxygen atoms in total. The van der Waals surface area contributed by atoms with Gasteiger partial charge in [-0.3, -0.25) is 4.79 Å². The Bertz CT molecular complexity index is 641. The molecule has 1 fully saturated rings. The van der Waals surface area contributed by atoms with Crippen LogP contribution in [0, 0.1) is 0 Å².